The van der Waals surface area contributed by atoms with Gasteiger partial charge in [0.15, 0.2) is 5.76 Å². The molecule has 0 saturated carbocycles. The third kappa shape index (κ3) is 5.77. The molecule has 0 fully saturated rings. The maximum Gasteiger partial charge on any atom is 0.414 e. The van der Waals surface area contributed by atoms with E-state index in [-0.39, 0.29) is 17.8 Å². The number of fused-ring (bicyclic) bond motifs is 1. The normalized spacial score (nSPS) is 13.6. The molecule has 1 aromatic heterocycles. The van der Waals surface area contributed by atoms with Crippen molar-refractivity contribution in [1.82, 2.24) is 0 Å². The Balaban J connectivity index is 1.72. The molecule has 0 spiro atoms. The minimum atomic E-state index is -0.486. The number of methoxy groups -OCH3 is 5. The summed E-state index contributed by atoms with van der Waals surface area (Å²) < 4.78 is 39.1. The lowest BCUT2D eigenvalue weighted by Gasteiger charge is -2.41. The molecule has 11 heteroatoms. The third-order valence-electron chi connectivity index (χ3n) is 7.36. The van der Waals surface area contributed by atoms with E-state index in [0.717, 1.165) is 11.1 Å². The molecule has 0 bridgehead atoms. The van der Waals surface area contributed by atoms with Crippen LogP contribution in [0.25, 0.3) is 0 Å². The Morgan fingerprint density at radius 1 is 0.905 bits per heavy atom. The predicted octanol–water partition coefficient (Wildman–Crippen LogP) is 5.81. The van der Waals surface area contributed by atoms with Gasteiger partial charge in [-0.05, 0) is 36.5 Å². The fraction of sp³-hybridized carbons (Fsp3) is 0.419. The Morgan fingerprint density at radius 3 is 2.12 bits per heavy atom. The zero-order chi connectivity index (χ0) is 30.6. The first-order valence-corrected chi connectivity index (χ1v) is 13.5. The SMILES string of the molecule is CCOC(=O)N1CCC(C)(C)c2c(Cc3ccc(C(=O)Nc4c(OC)cc(OC)cc4OC)o3)c(OC)cc(OC)c21. The third-order valence-corrected chi connectivity index (χ3v) is 7.36. The van der Waals surface area contributed by atoms with Crippen LogP contribution in [0.3, 0.4) is 0 Å². The topological polar surface area (TPSA) is 118 Å². The predicted molar refractivity (Wildman–Crippen MR) is 157 cm³/mol. The van der Waals surface area contributed by atoms with Crippen molar-refractivity contribution in [3.8, 4) is 28.7 Å². The van der Waals surface area contributed by atoms with Gasteiger partial charge in [-0.2, -0.15) is 0 Å². The van der Waals surface area contributed by atoms with Crippen LogP contribution < -0.4 is 33.9 Å². The molecule has 11 nitrogen and oxygen atoms in total. The number of benzene rings is 2. The summed E-state index contributed by atoms with van der Waals surface area (Å²) in [5.41, 5.74) is 2.38. The lowest BCUT2D eigenvalue weighted by atomic mass is 9.74. The fourth-order valence-electron chi connectivity index (χ4n) is 5.26. The van der Waals surface area contributed by atoms with Crippen molar-refractivity contribution in [2.24, 2.45) is 0 Å². The Bertz CT molecular complexity index is 1440. The van der Waals surface area contributed by atoms with Crippen molar-refractivity contribution in [2.75, 3.05) is 58.9 Å². The van der Waals surface area contributed by atoms with E-state index in [2.05, 4.69) is 19.2 Å². The van der Waals surface area contributed by atoms with Crippen LogP contribution in [-0.2, 0) is 16.6 Å². The number of anilines is 2. The molecular weight excluding hydrogens is 544 g/mol. The molecule has 0 aliphatic carbocycles. The van der Waals surface area contributed by atoms with E-state index in [0.29, 0.717) is 65.3 Å². The molecule has 1 N–H and O–H groups in total. The maximum atomic E-state index is 13.2. The van der Waals surface area contributed by atoms with Crippen molar-refractivity contribution in [2.45, 2.75) is 39.0 Å². The summed E-state index contributed by atoms with van der Waals surface area (Å²) in [4.78, 5) is 27.8. The van der Waals surface area contributed by atoms with Gasteiger partial charge >= 0.3 is 6.09 Å². The van der Waals surface area contributed by atoms with Crippen molar-refractivity contribution in [3.63, 3.8) is 0 Å². The summed E-state index contributed by atoms with van der Waals surface area (Å²) in [6, 6.07) is 8.40. The monoisotopic (exact) mass is 582 g/mol. The van der Waals surface area contributed by atoms with E-state index in [1.807, 2.05) is 0 Å². The fourth-order valence-corrected chi connectivity index (χ4v) is 5.26. The van der Waals surface area contributed by atoms with E-state index in [9.17, 15) is 9.59 Å². The molecule has 42 heavy (non-hydrogen) atoms. The second-order valence-corrected chi connectivity index (χ2v) is 10.3. The highest BCUT2D eigenvalue weighted by molar-refractivity contribution is 6.04. The number of nitrogens with zero attached hydrogens (tertiary/aromatic N) is 1. The molecule has 226 valence electrons. The minimum absolute atomic E-state index is 0.0960. The van der Waals surface area contributed by atoms with Crippen molar-refractivity contribution >= 4 is 23.4 Å². The van der Waals surface area contributed by atoms with Crippen LogP contribution in [0.1, 0.15) is 54.6 Å². The molecule has 0 saturated heterocycles. The van der Waals surface area contributed by atoms with Gasteiger partial charge in [-0.3, -0.25) is 9.69 Å². The van der Waals surface area contributed by atoms with Gasteiger partial charge in [0.1, 0.15) is 40.2 Å². The van der Waals surface area contributed by atoms with Crippen LogP contribution in [-0.4, -0.2) is 60.7 Å². The number of hydrogen-bond acceptors (Lipinski definition) is 9. The largest absolute Gasteiger partial charge is 0.496 e. The van der Waals surface area contributed by atoms with E-state index in [4.69, 9.17) is 32.8 Å². The molecule has 1 aliphatic rings. The molecule has 2 heterocycles. The lowest BCUT2D eigenvalue weighted by Crippen LogP contribution is -2.42. The second kappa shape index (κ2) is 12.5. The molecule has 2 amide bonds. The number of carbonyl (C=O) groups excluding carboxylic acids is 2. The van der Waals surface area contributed by atoms with Gasteiger partial charge in [0.25, 0.3) is 5.91 Å². The summed E-state index contributed by atoms with van der Waals surface area (Å²) in [5, 5.41) is 2.82. The smallest absolute Gasteiger partial charge is 0.414 e. The van der Waals surface area contributed by atoms with Crippen LogP contribution in [0, 0.1) is 0 Å². The zero-order valence-corrected chi connectivity index (χ0v) is 25.3. The minimum Gasteiger partial charge on any atom is -0.496 e. The number of hydrogen-bond donors (Lipinski definition) is 1. The number of furan rings is 1. The van der Waals surface area contributed by atoms with Gasteiger partial charge in [-0.15, -0.1) is 0 Å². The summed E-state index contributed by atoms with van der Waals surface area (Å²) in [5.74, 6) is 2.49. The van der Waals surface area contributed by atoms with Gasteiger partial charge < -0.3 is 38.2 Å². The number of rotatable bonds is 10. The van der Waals surface area contributed by atoms with Gasteiger partial charge in [-0.25, -0.2) is 4.79 Å². The van der Waals surface area contributed by atoms with E-state index >= 15 is 0 Å². The first-order valence-electron chi connectivity index (χ1n) is 13.5. The molecule has 2 aromatic carbocycles. The van der Waals surface area contributed by atoms with Crippen LogP contribution in [0.5, 0.6) is 28.7 Å². The van der Waals surface area contributed by atoms with E-state index in [1.165, 1.54) is 21.3 Å². The molecule has 3 aromatic rings. The highest BCUT2D eigenvalue weighted by atomic mass is 16.6. The van der Waals surface area contributed by atoms with Crippen molar-refractivity contribution in [3.05, 3.63) is 53.0 Å². The molecule has 1 aliphatic heterocycles. The van der Waals surface area contributed by atoms with E-state index < -0.39 is 12.0 Å². The van der Waals surface area contributed by atoms with Crippen LogP contribution in [0.15, 0.2) is 34.7 Å². The molecular formula is C31H38N2O9. The number of nitrogens with one attached hydrogen (secondary N) is 1. The number of carbonyl (C=O) groups is 2. The summed E-state index contributed by atoms with van der Waals surface area (Å²) in [6.07, 6.45) is 0.558. The Labute approximate surface area is 245 Å². The van der Waals surface area contributed by atoms with E-state index in [1.54, 1.807) is 56.4 Å². The summed E-state index contributed by atoms with van der Waals surface area (Å²) in [7, 11) is 7.65. The van der Waals surface area contributed by atoms with Gasteiger partial charge in [0, 0.05) is 36.7 Å². The first kappa shape index (κ1) is 30.4. The highest BCUT2D eigenvalue weighted by Gasteiger charge is 2.40. The Kier molecular flexibility index (Phi) is 9.08. The molecule has 0 atom stereocenters. The number of amides is 2. The standard InChI is InChI=1S/C31H38N2O9/c1-9-41-30(35)33-13-12-31(2,3)26-20(22(37-5)17-25(40-8)28(26)33)14-18-10-11-21(42-18)29(34)32-27-23(38-6)15-19(36-4)16-24(27)39-7/h10-11,15-17H,9,12-14H2,1-8H3,(H,32,34). The van der Waals surface area contributed by atoms with Gasteiger partial charge in [-0.1, -0.05) is 13.8 Å². The van der Waals surface area contributed by atoms with Gasteiger partial charge in [0.2, 0.25) is 0 Å². The summed E-state index contributed by atoms with van der Waals surface area (Å²) in [6.45, 7) is 6.74. The number of ether oxygens (including phenoxy) is 6. The van der Waals surface area contributed by atoms with Crippen LogP contribution in [0.2, 0.25) is 0 Å². The second-order valence-electron chi connectivity index (χ2n) is 10.3. The summed E-state index contributed by atoms with van der Waals surface area (Å²) >= 11 is 0. The maximum absolute atomic E-state index is 13.2. The van der Waals surface area contributed by atoms with Crippen LogP contribution in [0.4, 0.5) is 16.2 Å². The van der Waals surface area contributed by atoms with Crippen molar-refractivity contribution in [1.29, 1.82) is 0 Å². The van der Waals surface area contributed by atoms with Crippen molar-refractivity contribution < 1.29 is 42.4 Å². The Hall–Kier alpha value is -4.54. The average Bonchev–Trinajstić information content (AvgIpc) is 3.45. The molecule has 0 radical (unpaired) electrons. The zero-order valence-electron chi connectivity index (χ0n) is 25.3. The lowest BCUT2D eigenvalue weighted by molar-refractivity contribution is 0.0994. The molecule has 4 rings (SSSR count). The molecule has 0 unspecified atom stereocenters. The average molecular weight is 583 g/mol. The quantitative estimate of drug-likeness (QED) is 0.316. The highest BCUT2D eigenvalue weighted by Crippen LogP contribution is 2.50. The van der Waals surface area contributed by atoms with Crippen LogP contribution >= 0.6 is 0 Å². The Morgan fingerprint density at radius 2 is 1.55 bits per heavy atom. The van der Waals surface area contributed by atoms with Gasteiger partial charge in [0.05, 0.1) is 47.8 Å². The first-order chi connectivity index (χ1) is 20.1.